The van der Waals surface area contributed by atoms with Crippen LogP contribution >= 0.6 is 27.3 Å². The van der Waals surface area contributed by atoms with Crippen LogP contribution in [0.5, 0.6) is 0 Å². The Morgan fingerprint density at radius 3 is 3.05 bits per heavy atom. The van der Waals surface area contributed by atoms with Crippen LogP contribution in [-0.4, -0.2) is 48.5 Å². The molecule has 0 saturated carbocycles. The van der Waals surface area contributed by atoms with E-state index in [2.05, 4.69) is 39.2 Å². The van der Waals surface area contributed by atoms with Gasteiger partial charge in [-0.25, -0.2) is 0 Å². The normalized spacial score (nSPS) is 24.3. The predicted octanol–water partition coefficient (Wildman–Crippen LogP) is 1.98. The van der Waals surface area contributed by atoms with Crippen LogP contribution in [0.4, 0.5) is 0 Å². The standard InChI is InChI=1S/C13H21BrN2O2S/c1-2-11(15)13(12-5-9(14)8-19-12)16-3-4-18-7-10(16)6-17/h5,8,10-11,13,17H,2-4,6-7,15H2,1H3. The summed E-state index contributed by atoms with van der Waals surface area (Å²) >= 11 is 5.22. The van der Waals surface area contributed by atoms with E-state index in [1.54, 1.807) is 11.3 Å². The third kappa shape index (κ3) is 3.56. The van der Waals surface area contributed by atoms with Gasteiger partial charge in [-0.1, -0.05) is 6.92 Å². The highest BCUT2D eigenvalue weighted by Crippen LogP contribution is 2.34. The van der Waals surface area contributed by atoms with E-state index < -0.39 is 0 Å². The van der Waals surface area contributed by atoms with Gasteiger partial charge < -0.3 is 15.6 Å². The number of ether oxygens (including phenoxy) is 1. The Labute approximate surface area is 126 Å². The summed E-state index contributed by atoms with van der Waals surface area (Å²) in [6.07, 6.45) is 0.912. The molecule has 1 aromatic rings. The quantitative estimate of drug-likeness (QED) is 0.854. The maximum Gasteiger partial charge on any atom is 0.0645 e. The van der Waals surface area contributed by atoms with Gasteiger partial charge in [-0.3, -0.25) is 4.90 Å². The van der Waals surface area contributed by atoms with Gasteiger partial charge in [-0.05, 0) is 28.4 Å². The molecule has 1 fully saturated rings. The second-order valence-corrected chi connectivity index (χ2v) is 6.69. The van der Waals surface area contributed by atoms with Gasteiger partial charge in [0.2, 0.25) is 0 Å². The summed E-state index contributed by atoms with van der Waals surface area (Å²) in [7, 11) is 0. The molecule has 3 N–H and O–H groups in total. The first-order chi connectivity index (χ1) is 9.17. The fourth-order valence-corrected chi connectivity index (χ4v) is 4.16. The minimum atomic E-state index is 0.0391. The molecule has 4 nitrogen and oxygen atoms in total. The lowest BCUT2D eigenvalue weighted by molar-refractivity contribution is -0.0521. The Kier molecular flexibility index (Phi) is 5.80. The number of nitrogens with two attached hydrogens (primary N) is 1. The van der Waals surface area contributed by atoms with Crippen LogP contribution in [-0.2, 0) is 4.74 Å². The summed E-state index contributed by atoms with van der Waals surface area (Å²) in [4.78, 5) is 3.55. The summed E-state index contributed by atoms with van der Waals surface area (Å²) in [5, 5.41) is 11.6. The van der Waals surface area contributed by atoms with Crippen molar-refractivity contribution >= 4 is 27.3 Å². The molecule has 1 aliphatic rings. The van der Waals surface area contributed by atoms with Gasteiger partial charge in [-0.2, -0.15) is 0 Å². The lowest BCUT2D eigenvalue weighted by Gasteiger charge is -2.42. The molecule has 3 atom stereocenters. The molecule has 0 bridgehead atoms. The Morgan fingerprint density at radius 2 is 2.47 bits per heavy atom. The number of rotatable bonds is 5. The molecule has 2 heterocycles. The fourth-order valence-electron chi connectivity index (χ4n) is 2.52. The molecule has 1 aliphatic heterocycles. The highest BCUT2D eigenvalue weighted by atomic mass is 79.9. The minimum Gasteiger partial charge on any atom is -0.395 e. The topological polar surface area (TPSA) is 58.7 Å². The molecule has 0 spiro atoms. The van der Waals surface area contributed by atoms with Crippen LogP contribution in [0.1, 0.15) is 24.3 Å². The van der Waals surface area contributed by atoms with Gasteiger partial charge in [0.1, 0.15) is 0 Å². The molecule has 0 aliphatic carbocycles. The number of halogens is 1. The first kappa shape index (κ1) is 15.4. The summed E-state index contributed by atoms with van der Waals surface area (Å²) in [5.41, 5.74) is 6.33. The monoisotopic (exact) mass is 348 g/mol. The molecule has 2 rings (SSSR count). The summed E-state index contributed by atoms with van der Waals surface area (Å²) < 4.78 is 6.55. The second-order valence-electron chi connectivity index (χ2n) is 4.83. The van der Waals surface area contributed by atoms with Crippen LogP contribution in [0.2, 0.25) is 0 Å². The number of nitrogens with zero attached hydrogens (tertiary/aromatic N) is 1. The molecule has 6 heteroatoms. The first-order valence-electron chi connectivity index (χ1n) is 6.61. The summed E-state index contributed by atoms with van der Waals surface area (Å²) in [5.74, 6) is 0. The van der Waals surface area contributed by atoms with Crippen molar-refractivity contribution in [1.82, 2.24) is 4.90 Å². The maximum absolute atomic E-state index is 9.55. The zero-order chi connectivity index (χ0) is 13.8. The molecule has 108 valence electrons. The Morgan fingerprint density at radius 1 is 1.68 bits per heavy atom. The van der Waals surface area contributed by atoms with E-state index in [4.69, 9.17) is 10.5 Å². The van der Waals surface area contributed by atoms with Crippen LogP contribution in [0.15, 0.2) is 15.9 Å². The van der Waals surface area contributed by atoms with E-state index >= 15 is 0 Å². The fraction of sp³-hybridized carbons (Fsp3) is 0.692. The number of hydrogen-bond donors (Lipinski definition) is 2. The van der Waals surface area contributed by atoms with Crippen molar-refractivity contribution < 1.29 is 9.84 Å². The molecule has 3 unspecified atom stereocenters. The largest absolute Gasteiger partial charge is 0.395 e. The van der Waals surface area contributed by atoms with E-state index in [-0.39, 0.29) is 24.7 Å². The zero-order valence-corrected chi connectivity index (χ0v) is 13.5. The average Bonchev–Trinajstić information content (AvgIpc) is 2.85. The molecular formula is C13H21BrN2O2S. The van der Waals surface area contributed by atoms with Crippen molar-refractivity contribution in [3.8, 4) is 0 Å². The van der Waals surface area contributed by atoms with Gasteiger partial charge in [0.15, 0.2) is 0 Å². The van der Waals surface area contributed by atoms with E-state index in [1.165, 1.54) is 4.88 Å². The first-order valence-corrected chi connectivity index (χ1v) is 8.28. The lowest BCUT2D eigenvalue weighted by atomic mass is 10.0. The lowest BCUT2D eigenvalue weighted by Crippen LogP contribution is -2.53. The van der Waals surface area contributed by atoms with Crippen LogP contribution in [0, 0.1) is 0 Å². The maximum atomic E-state index is 9.55. The van der Waals surface area contributed by atoms with Crippen molar-refractivity contribution in [2.75, 3.05) is 26.4 Å². The molecule has 19 heavy (non-hydrogen) atoms. The van der Waals surface area contributed by atoms with Gasteiger partial charge in [0.25, 0.3) is 0 Å². The van der Waals surface area contributed by atoms with Crippen LogP contribution in [0.3, 0.4) is 0 Å². The van der Waals surface area contributed by atoms with Crippen molar-refractivity contribution in [2.24, 2.45) is 5.73 Å². The number of thiophene rings is 1. The van der Waals surface area contributed by atoms with Crippen LogP contribution < -0.4 is 5.73 Å². The number of hydrogen-bond acceptors (Lipinski definition) is 5. The van der Waals surface area contributed by atoms with Crippen molar-refractivity contribution in [2.45, 2.75) is 31.5 Å². The smallest absolute Gasteiger partial charge is 0.0645 e. The van der Waals surface area contributed by atoms with E-state index in [1.807, 2.05) is 0 Å². The zero-order valence-electron chi connectivity index (χ0n) is 11.1. The van der Waals surface area contributed by atoms with E-state index in [9.17, 15) is 5.11 Å². The van der Waals surface area contributed by atoms with Gasteiger partial charge in [0, 0.05) is 27.3 Å². The van der Waals surface area contributed by atoms with E-state index in [0.29, 0.717) is 13.2 Å². The predicted molar refractivity (Wildman–Crippen MR) is 81.4 cm³/mol. The summed E-state index contributed by atoms with van der Waals surface area (Å²) in [6, 6.07) is 2.40. The van der Waals surface area contributed by atoms with E-state index in [0.717, 1.165) is 17.4 Å². The van der Waals surface area contributed by atoms with Gasteiger partial charge in [-0.15, -0.1) is 11.3 Å². The molecule has 1 aromatic heterocycles. The number of aliphatic hydroxyl groups is 1. The Balaban J connectivity index is 2.26. The molecule has 0 aromatic carbocycles. The molecule has 1 saturated heterocycles. The van der Waals surface area contributed by atoms with Crippen molar-refractivity contribution in [3.63, 3.8) is 0 Å². The highest BCUT2D eigenvalue weighted by molar-refractivity contribution is 9.10. The number of aliphatic hydroxyl groups excluding tert-OH is 1. The highest BCUT2D eigenvalue weighted by Gasteiger charge is 2.33. The second kappa shape index (κ2) is 7.15. The minimum absolute atomic E-state index is 0.0391. The molecule has 0 radical (unpaired) electrons. The average molecular weight is 349 g/mol. The van der Waals surface area contributed by atoms with Gasteiger partial charge in [0.05, 0.1) is 31.9 Å². The van der Waals surface area contributed by atoms with Gasteiger partial charge >= 0.3 is 0 Å². The Bertz CT molecular complexity index is 402. The third-order valence-corrected chi connectivity index (χ3v) is 5.36. The van der Waals surface area contributed by atoms with Crippen molar-refractivity contribution in [1.29, 1.82) is 0 Å². The van der Waals surface area contributed by atoms with Crippen molar-refractivity contribution in [3.05, 3.63) is 20.8 Å². The number of morpholine rings is 1. The summed E-state index contributed by atoms with van der Waals surface area (Å²) in [6.45, 7) is 4.32. The Hall–Kier alpha value is 0.0200. The molecule has 0 amide bonds. The SMILES string of the molecule is CCC(N)C(c1cc(Br)cs1)N1CCOCC1CO. The van der Waals surface area contributed by atoms with Crippen LogP contribution in [0.25, 0.3) is 0 Å². The third-order valence-electron chi connectivity index (χ3n) is 3.60. The molecular weight excluding hydrogens is 328 g/mol.